The number of anilines is 2. The molecule has 2 aliphatic rings. The van der Waals surface area contributed by atoms with Crippen LogP contribution in [-0.4, -0.2) is 66.8 Å². The smallest absolute Gasteiger partial charge is 0.227 e. The first-order valence-corrected chi connectivity index (χ1v) is 14.2. The normalized spacial score (nSPS) is 16.8. The number of carbonyl (C=O) groups is 2. The van der Waals surface area contributed by atoms with E-state index in [2.05, 4.69) is 53.4 Å². The molecule has 2 saturated heterocycles. The Morgan fingerprint density at radius 1 is 1.02 bits per heavy atom. The van der Waals surface area contributed by atoms with E-state index in [-0.39, 0.29) is 29.8 Å². The van der Waals surface area contributed by atoms with Crippen LogP contribution < -0.4 is 10.2 Å². The summed E-state index contributed by atoms with van der Waals surface area (Å²) in [7, 11) is 0. The molecule has 0 aromatic heterocycles. The van der Waals surface area contributed by atoms with Crippen molar-refractivity contribution in [1.29, 1.82) is 0 Å². The van der Waals surface area contributed by atoms with Crippen LogP contribution in [0.3, 0.4) is 0 Å². The fraction of sp³-hybridized carbons (Fsp3) is 0.455. The maximum atomic E-state index is 14.5. The van der Waals surface area contributed by atoms with Crippen molar-refractivity contribution >= 4 is 23.1 Å². The Balaban J connectivity index is 1.26. The van der Waals surface area contributed by atoms with E-state index in [1.807, 2.05) is 18.7 Å². The minimum atomic E-state index is -0.375. The van der Waals surface area contributed by atoms with Crippen LogP contribution in [0.25, 0.3) is 0 Å². The quantitative estimate of drug-likeness (QED) is 0.368. The first kappa shape index (κ1) is 29.5. The Labute approximate surface area is 238 Å². The molecule has 2 aromatic carbocycles. The highest BCUT2D eigenvalue weighted by atomic mass is 19.1. The number of amides is 1. The third-order valence-corrected chi connectivity index (χ3v) is 8.14. The molecule has 0 saturated carbocycles. The van der Waals surface area contributed by atoms with Gasteiger partial charge in [0.05, 0.1) is 6.42 Å². The van der Waals surface area contributed by atoms with Crippen molar-refractivity contribution in [3.05, 3.63) is 83.3 Å². The average Bonchev–Trinajstić information content (AvgIpc) is 2.85. The maximum absolute atomic E-state index is 14.5. The summed E-state index contributed by atoms with van der Waals surface area (Å²) in [6.45, 7) is 20.3. The second kappa shape index (κ2) is 12.8. The highest BCUT2D eigenvalue weighted by Gasteiger charge is 2.34. The lowest BCUT2D eigenvalue weighted by molar-refractivity contribution is -0.132. The lowest BCUT2D eigenvalue weighted by Gasteiger charge is -2.49. The zero-order valence-electron chi connectivity index (χ0n) is 24.4. The van der Waals surface area contributed by atoms with Crippen LogP contribution >= 0.6 is 0 Å². The van der Waals surface area contributed by atoms with Gasteiger partial charge in [0.25, 0.3) is 0 Å². The first-order valence-electron chi connectivity index (χ1n) is 14.2. The number of halogens is 1. The summed E-state index contributed by atoms with van der Waals surface area (Å²) in [5.41, 5.74) is 6.36. The van der Waals surface area contributed by atoms with Gasteiger partial charge >= 0.3 is 0 Å². The number of carbonyl (C=O) groups excluding carboxylic acids is 2. The van der Waals surface area contributed by atoms with Crippen LogP contribution in [-0.2, 0) is 16.0 Å². The van der Waals surface area contributed by atoms with Gasteiger partial charge in [-0.1, -0.05) is 24.3 Å². The number of nitrogens with one attached hydrogen (secondary N) is 1. The molecule has 7 heteroatoms. The Morgan fingerprint density at radius 3 is 2.30 bits per heavy atom. The van der Waals surface area contributed by atoms with Crippen LogP contribution in [0.5, 0.6) is 0 Å². The standard InChI is InChI=1S/C33H43FN4O2/c1-22(2)7-11-31(25(6)39)30-12-10-28(17-24(30)5)38-20-29(21-38)36-13-15-37(16-14-36)33(40)18-26-8-9-27(19-32(26)34)35-23(3)4/h8-10,12,17,19,29,31,35H,1,3,7,11,13-16,18,20-21H2,2,4-6H3. The van der Waals surface area contributed by atoms with E-state index in [1.165, 1.54) is 11.8 Å². The zero-order valence-corrected chi connectivity index (χ0v) is 24.4. The molecule has 1 unspecified atom stereocenters. The molecule has 0 radical (unpaired) electrons. The van der Waals surface area contributed by atoms with Gasteiger partial charge in [-0.2, -0.15) is 0 Å². The number of piperazine rings is 1. The summed E-state index contributed by atoms with van der Waals surface area (Å²) in [5, 5.41) is 3.00. The van der Waals surface area contributed by atoms with Crippen LogP contribution in [0.15, 0.2) is 60.8 Å². The van der Waals surface area contributed by atoms with E-state index >= 15 is 0 Å². The van der Waals surface area contributed by atoms with E-state index in [0.29, 0.717) is 30.4 Å². The monoisotopic (exact) mass is 546 g/mol. The third-order valence-electron chi connectivity index (χ3n) is 8.14. The van der Waals surface area contributed by atoms with Crippen molar-refractivity contribution in [2.24, 2.45) is 0 Å². The number of ketones is 1. The Kier molecular flexibility index (Phi) is 9.46. The fourth-order valence-electron chi connectivity index (χ4n) is 5.74. The van der Waals surface area contributed by atoms with E-state index in [9.17, 15) is 14.0 Å². The molecule has 214 valence electrons. The number of aryl methyl sites for hydroxylation is 1. The van der Waals surface area contributed by atoms with Crippen molar-refractivity contribution in [3.63, 3.8) is 0 Å². The molecule has 6 nitrogen and oxygen atoms in total. The van der Waals surface area contributed by atoms with Gasteiger partial charge in [-0.05, 0) is 81.5 Å². The highest BCUT2D eigenvalue weighted by molar-refractivity contribution is 5.84. The lowest BCUT2D eigenvalue weighted by atomic mass is 9.86. The number of benzene rings is 2. The topological polar surface area (TPSA) is 55.9 Å². The second-order valence-electron chi connectivity index (χ2n) is 11.6. The molecule has 40 heavy (non-hydrogen) atoms. The molecule has 1 N–H and O–H groups in total. The largest absolute Gasteiger partial charge is 0.368 e. The van der Waals surface area contributed by atoms with Crippen molar-refractivity contribution in [2.45, 2.75) is 58.9 Å². The maximum Gasteiger partial charge on any atom is 0.227 e. The third kappa shape index (κ3) is 7.19. The molecule has 0 bridgehead atoms. The van der Waals surface area contributed by atoms with Crippen molar-refractivity contribution in [2.75, 3.05) is 49.5 Å². The second-order valence-corrected chi connectivity index (χ2v) is 11.6. The van der Waals surface area contributed by atoms with E-state index in [1.54, 1.807) is 19.1 Å². The molecule has 2 aliphatic heterocycles. The Bertz CT molecular complexity index is 1280. The summed E-state index contributed by atoms with van der Waals surface area (Å²) in [6, 6.07) is 11.8. The molecule has 2 fully saturated rings. The SMILES string of the molecule is C=C(C)CCC(C(C)=O)c1ccc(N2CC(N3CCN(C(=O)Cc4ccc(NC(=C)C)cc4F)CC3)C2)cc1C. The molecular weight excluding hydrogens is 503 g/mol. The Hall–Kier alpha value is -3.45. The van der Waals surface area contributed by atoms with Gasteiger partial charge in [-0.25, -0.2) is 4.39 Å². The van der Waals surface area contributed by atoms with Gasteiger partial charge in [-0.3, -0.25) is 14.5 Å². The van der Waals surface area contributed by atoms with Gasteiger partial charge in [0.1, 0.15) is 11.6 Å². The van der Waals surface area contributed by atoms with Gasteiger partial charge < -0.3 is 15.1 Å². The van der Waals surface area contributed by atoms with Gasteiger partial charge in [0, 0.05) is 68.3 Å². The minimum absolute atomic E-state index is 0.0305. The van der Waals surface area contributed by atoms with Crippen molar-refractivity contribution in [1.82, 2.24) is 9.80 Å². The van der Waals surface area contributed by atoms with Crippen LogP contribution in [0.2, 0.25) is 0 Å². The predicted octanol–water partition coefficient (Wildman–Crippen LogP) is 5.68. The van der Waals surface area contributed by atoms with Crippen molar-refractivity contribution in [3.8, 4) is 0 Å². The average molecular weight is 547 g/mol. The van der Waals surface area contributed by atoms with E-state index < -0.39 is 0 Å². The van der Waals surface area contributed by atoms with Crippen molar-refractivity contribution < 1.29 is 14.0 Å². The van der Waals surface area contributed by atoms with Gasteiger partial charge in [-0.15, -0.1) is 6.58 Å². The van der Waals surface area contributed by atoms with Gasteiger partial charge in [0.15, 0.2) is 0 Å². The Morgan fingerprint density at radius 2 is 1.73 bits per heavy atom. The molecule has 1 atom stereocenters. The van der Waals surface area contributed by atoms with E-state index in [0.717, 1.165) is 61.4 Å². The number of allylic oxidation sites excluding steroid dienone is 2. The van der Waals surface area contributed by atoms with Crippen LogP contribution in [0.4, 0.5) is 15.8 Å². The number of rotatable bonds is 11. The molecule has 4 rings (SSSR count). The summed E-state index contributed by atoms with van der Waals surface area (Å²) >= 11 is 0. The summed E-state index contributed by atoms with van der Waals surface area (Å²) in [6.07, 6.45) is 1.73. The molecular formula is C33H43FN4O2. The van der Waals surface area contributed by atoms with Crippen LogP contribution in [0.1, 0.15) is 56.2 Å². The highest BCUT2D eigenvalue weighted by Crippen LogP contribution is 2.32. The predicted molar refractivity (Wildman–Crippen MR) is 161 cm³/mol. The van der Waals surface area contributed by atoms with Gasteiger partial charge in [0.2, 0.25) is 5.91 Å². The number of Topliss-reactive ketones (excluding diaryl/α,β-unsaturated/α-hetero) is 1. The number of nitrogens with zero attached hydrogens (tertiary/aromatic N) is 3. The molecule has 0 spiro atoms. The lowest BCUT2D eigenvalue weighted by Crippen LogP contribution is -2.63. The molecule has 2 heterocycles. The molecule has 0 aliphatic carbocycles. The minimum Gasteiger partial charge on any atom is -0.368 e. The molecule has 1 amide bonds. The molecule has 2 aromatic rings. The first-order chi connectivity index (χ1) is 19.0. The zero-order chi connectivity index (χ0) is 29.0. The number of hydrogen-bond acceptors (Lipinski definition) is 5. The summed E-state index contributed by atoms with van der Waals surface area (Å²) in [5.74, 6) is -0.280. The fourth-order valence-corrected chi connectivity index (χ4v) is 5.74. The van der Waals surface area contributed by atoms with E-state index in [4.69, 9.17) is 0 Å². The van der Waals surface area contributed by atoms with Crippen LogP contribution in [0, 0.1) is 12.7 Å². The number of hydrogen-bond donors (Lipinski definition) is 1. The summed E-state index contributed by atoms with van der Waals surface area (Å²) < 4.78 is 14.5. The summed E-state index contributed by atoms with van der Waals surface area (Å²) in [4.78, 5) is 31.9.